The lowest BCUT2D eigenvalue weighted by molar-refractivity contribution is -0.132. The van der Waals surface area contributed by atoms with Crippen LogP contribution in [0, 0.1) is 0 Å². The van der Waals surface area contributed by atoms with Gasteiger partial charge in [0.2, 0.25) is 5.91 Å². The van der Waals surface area contributed by atoms with Gasteiger partial charge in [0.15, 0.2) is 0 Å². The molecule has 2 heterocycles. The normalized spacial score (nSPS) is 16.0. The van der Waals surface area contributed by atoms with Crippen molar-refractivity contribution in [3.63, 3.8) is 0 Å². The molecule has 1 aliphatic rings. The highest BCUT2D eigenvalue weighted by Crippen LogP contribution is 2.29. The summed E-state index contributed by atoms with van der Waals surface area (Å²) in [4.78, 5) is 33.0. The van der Waals surface area contributed by atoms with Crippen molar-refractivity contribution in [2.45, 2.75) is 32.4 Å². The Morgan fingerprint density at radius 3 is 2.77 bits per heavy atom. The molecule has 1 saturated heterocycles. The maximum atomic E-state index is 12.9. The van der Waals surface area contributed by atoms with Gasteiger partial charge in [0, 0.05) is 51.1 Å². The van der Waals surface area contributed by atoms with Crippen LogP contribution in [0.2, 0.25) is 0 Å². The van der Waals surface area contributed by atoms with Crippen molar-refractivity contribution in [2.75, 3.05) is 32.6 Å². The number of carbonyl (C=O) groups excluding carboxylic acids is 2. The first-order chi connectivity index (χ1) is 14.5. The Morgan fingerprint density at radius 2 is 2.10 bits per heavy atom. The summed E-state index contributed by atoms with van der Waals surface area (Å²) in [5.74, 6) is 1.17. The van der Waals surface area contributed by atoms with Crippen molar-refractivity contribution in [3.8, 4) is 11.5 Å². The number of aromatic nitrogens is 1. The number of amides is 3. The third kappa shape index (κ3) is 5.20. The second-order valence-corrected chi connectivity index (χ2v) is 7.25. The van der Waals surface area contributed by atoms with E-state index in [0.29, 0.717) is 36.8 Å². The largest absolute Gasteiger partial charge is 0.497 e. The molecule has 0 saturated carbocycles. The molecule has 1 atom stereocenters. The molecule has 0 radical (unpaired) electrons. The lowest BCUT2D eigenvalue weighted by Gasteiger charge is -2.39. The van der Waals surface area contributed by atoms with E-state index in [1.807, 2.05) is 17.0 Å². The fourth-order valence-corrected chi connectivity index (χ4v) is 3.69. The second-order valence-electron chi connectivity index (χ2n) is 7.25. The quantitative estimate of drug-likeness (QED) is 0.788. The minimum absolute atomic E-state index is 0.0134. The van der Waals surface area contributed by atoms with Crippen molar-refractivity contribution < 1.29 is 19.1 Å². The number of likely N-dealkylation sites (tertiary alicyclic amines) is 1. The number of ether oxygens (including phenoxy) is 2. The summed E-state index contributed by atoms with van der Waals surface area (Å²) < 4.78 is 10.6. The lowest BCUT2D eigenvalue weighted by Crippen LogP contribution is -2.51. The number of nitrogens with one attached hydrogen (secondary N) is 1. The van der Waals surface area contributed by atoms with Gasteiger partial charge in [-0.2, -0.15) is 0 Å². The Labute approximate surface area is 176 Å². The van der Waals surface area contributed by atoms with E-state index in [-0.39, 0.29) is 18.0 Å². The second kappa shape index (κ2) is 9.96. The molecule has 1 unspecified atom stereocenters. The predicted octanol–water partition coefficient (Wildman–Crippen LogP) is 3.14. The number of benzene rings is 1. The fraction of sp³-hybridized carbons (Fsp3) is 0.409. The summed E-state index contributed by atoms with van der Waals surface area (Å²) >= 11 is 0. The van der Waals surface area contributed by atoms with Crippen LogP contribution in [0.5, 0.6) is 11.5 Å². The summed E-state index contributed by atoms with van der Waals surface area (Å²) in [6.45, 7) is 3.15. The first-order valence-corrected chi connectivity index (χ1v) is 9.96. The molecule has 1 N–H and O–H groups in total. The Kier molecular flexibility index (Phi) is 7.11. The number of hydrogen-bond donors (Lipinski definition) is 1. The van der Waals surface area contributed by atoms with Crippen LogP contribution in [0.1, 0.15) is 25.3 Å². The van der Waals surface area contributed by atoms with Crippen LogP contribution in [-0.2, 0) is 11.3 Å². The Bertz CT molecular complexity index is 875. The van der Waals surface area contributed by atoms with Gasteiger partial charge in [0.1, 0.15) is 11.5 Å². The summed E-state index contributed by atoms with van der Waals surface area (Å²) in [5.41, 5.74) is 1.51. The molecule has 1 fully saturated rings. The number of nitrogens with zero attached hydrogens (tertiary/aromatic N) is 3. The molecule has 1 aromatic carbocycles. The molecule has 2 aromatic rings. The maximum absolute atomic E-state index is 12.9. The van der Waals surface area contributed by atoms with Crippen molar-refractivity contribution in [2.24, 2.45) is 0 Å². The molecule has 30 heavy (non-hydrogen) atoms. The Morgan fingerprint density at radius 1 is 1.27 bits per heavy atom. The molecule has 8 nitrogen and oxygen atoms in total. The number of piperidine rings is 1. The molecule has 3 rings (SSSR count). The predicted molar refractivity (Wildman–Crippen MR) is 114 cm³/mol. The fourth-order valence-electron chi connectivity index (χ4n) is 3.69. The van der Waals surface area contributed by atoms with Gasteiger partial charge < -0.3 is 24.6 Å². The first-order valence-electron chi connectivity index (χ1n) is 9.96. The van der Waals surface area contributed by atoms with Crippen molar-refractivity contribution in [1.82, 2.24) is 14.8 Å². The lowest BCUT2D eigenvalue weighted by atomic mass is 10.0. The number of methoxy groups -OCH3 is 2. The van der Waals surface area contributed by atoms with E-state index < -0.39 is 0 Å². The van der Waals surface area contributed by atoms with Gasteiger partial charge in [-0.3, -0.25) is 9.78 Å². The minimum Gasteiger partial charge on any atom is -0.497 e. The van der Waals surface area contributed by atoms with Crippen molar-refractivity contribution in [1.29, 1.82) is 0 Å². The number of anilines is 1. The summed E-state index contributed by atoms with van der Waals surface area (Å²) in [5, 5.41) is 2.91. The molecular weight excluding hydrogens is 384 g/mol. The molecule has 0 aliphatic carbocycles. The zero-order valence-electron chi connectivity index (χ0n) is 17.6. The van der Waals surface area contributed by atoms with Gasteiger partial charge in [0.05, 0.1) is 19.9 Å². The van der Waals surface area contributed by atoms with E-state index in [1.54, 1.807) is 56.6 Å². The Hall–Kier alpha value is -3.29. The summed E-state index contributed by atoms with van der Waals surface area (Å²) in [6, 6.07) is 8.78. The van der Waals surface area contributed by atoms with Crippen LogP contribution in [0.4, 0.5) is 10.5 Å². The topological polar surface area (TPSA) is 84.0 Å². The molecule has 8 heteroatoms. The van der Waals surface area contributed by atoms with Gasteiger partial charge in [-0.25, -0.2) is 4.79 Å². The average Bonchev–Trinajstić information content (AvgIpc) is 2.78. The van der Waals surface area contributed by atoms with E-state index in [0.717, 1.165) is 18.4 Å². The molecule has 160 valence electrons. The van der Waals surface area contributed by atoms with E-state index in [4.69, 9.17) is 9.47 Å². The van der Waals surface area contributed by atoms with Crippen LogP contribution in [0.3, 0.4) is 0 Å². The van der Waals surface area contributed by atoms with Crippen molar-refractivity contribution in [3.05, 3.63) is 48.3 Å². The van der Waals surface area contributed by atoms with Gasteiger partial charge in [-0.05, 0) is 36.6 Å². The summed E-state index contributed by atoms with van der Waals surface area (Å²) in [6.07, 6.45) is 5.15. The molecule has 3 amide bonds. The number of rotatable bonds is 6. The number of carbonyl (C=O) groups is 2. The maximum Gasteiger partial charge on any atom is 0.322 e. The monoisotopic (exact) mass is 412 g/mol. The van der Waals surface area contributed by atoms with Crippen LogP contribution in [-0.4, -0.2) is 60.1 Å². The molecule has 1 aromatic heterocycles. The van der Waals surface area contributed by atoms with Crippen LogP contribution >= 0.6 is 0 Å². The van der Waals surface area contributed by atoms with Gasteiger partial charge in [-0.1, -0.05) is 6.07 Å². The average molecular weight is 412 g/mol. The van der Waals surface area contributed by atoms with Crippen LogP contribution in [0.15, 0.2) is 42.7 Å². The zero-order chi connectivity index (χ0) is 21.5. The van der Waals surface area contributed by atoms with Gasteiger partial charge >= 0.3 is 6.03 Å². The molecule has 0 spiro atoms. The number of hydrogen-bond acceptors (Lipinski definition) is 5. The molecule has 1 aliphatic heterocycles. The Balaban J connectivity index is 1.70. The SMILES string of the molecule is COc1ccc(OC)c(NC(=O)N2CCCC(N(Cc3cccnc3)C(C)=O)C2)c1. The van der Waals surface area contributed by atoms with E-state index >= 15 is 0 Å². The standard InChI is InChI=1S/C22H28N4O4/c1-16(27)26(14-17-6-4-10-23-13-17)18-7-5-11-25(15-18)22(28)24-20-12-19(29-2)8-9-21(20)30-3/h4,6,8-10,12-13,18H,5,7,11,14-15H2,1-3H3,(H,24,28). The first kappa shape index (κ1) is 21.4. The van der Waals surface area contributed by atoms with E-state index in [2.05, 4.69) is 10.3 Å². The third-order valence-corrected chi connectivity index (χ3v) is 5.25. The highest BCUT2D eigenvalue weighted by atomic mass is 16.5. The molecular formula is C22H28N4O4. The van der Waals surface area contributed by atoms with Gasteiger partial charge in [-0.15, -0.1) is 0 Å². The third-order valence-electron chi connectivity index (χ3n) is 5.25. The van der Waals surface area contributed by atoms with E-state index in [9.17, 15) is 9.59 Å². The van der Waals surface area contributed by atoms with Crippen LogP contribution in [0.25, 0.3) is 0 Å². The van der Waals surface area contributed by atoms with Gasteiger partial charge in [0.25, 0.3) is 0 Å². The van der Waals surface area contributed by atoms with Crippen LogP contribution < -0.4 is 14.8 Å². The highest BCUT2D eigenvalue weighted by Gasteiger charge is 2.29. The van der Waals surface area contributed by atoms with E-state index in [1.165, 1.54) is 0 Å². The highest BCUT2D eigenvalue weighted by molar-refractivity contribution is 5.91. The number of pyridine rings is 1. The zero-order valence-corrected chi connectivity index (χ0v) is 17.6. The number of urea groups is 1. The smallest absolute Gasteiger partial charge is 0.322 e. The van der Waals surface area contributed by atoms with Crippen molar-refractivity contribution >= 4 is 17.6 Å². The summed E-state index contributed by atoms with van der Waals surface area (Å²) in [7, 11) is 3.12. The minimum atomic E-state index is -0.226. The molecule has 0 bridgehead atoms.